The topological polar surface area (TPSA) is 85.2 Å². The minimum absolute atomic E-state index is 0.00699. The maximum absolute atomic E-state index is 12.9. The number of nitrogens with one attached hydrogen (secondary N) is 2. The molecule has 7 heteroatoms. The molecule has 2 aliphatic carbocycles. The summed E-state index contributed by atoms with van der Waals surface area (Å²) in [6.07, 6.45) is 10.1. The molecular weight excluding hydrogens is 356 g/mol. The summed E-state index contributed by atoms with van der Waals surface area (Å²) in [7, 11) is 0. The number of benzene rings is 1. The second-order valence-electron chi connectivity index (χ2n) is 7.92. The lowest BCUT2D eigenvalue weighted by Gasteiger charge is -2.23. The van der Waals surface area contributed by atoms with Gasteiger partial charge < -0.3 is 15.4 Å². The fourth-order valence-electron chi connectivity index (χ4n) is 4.53. The molecule has 0 bridgehead atoms. The van der Waals surface area contributed by atoms with Gasteiger partial charge in [-0.15, -0.1) is 0 Å². The van der Waals surface area contributed by atoms with Crippen LogP contribution in [-0.2, 0) is 11.2 Å². The van der Waals surface area contributed by atoms with E-state index in [9.17, 15) is 9.59 Å². The zero-order valence-corrected chi connectivity index (χ0v) is 15.7. The summed E-state index contributed by atoms with van der Waals surface area (Å²) in [5, 5.41) is 10.8. The smallest absolute Gasteiger partial charge is 0.262 e. The van der Waals surface area contributed by atoms with E-state index in [0.29, 0.717) is 23.0 Å². The van der Waals surface area contributed by atoms with Gasteiger partial charge in [0.15, 0.2) is 6.61 Å². The van der Waals surface area contributed by atoms with E-state index >= 15 is 0 Å². The van der Waals surface area contributed by atoms with Crippen molar-refractivity contribution in [2.24, 2.45) is 0 Å². The lowest BCUT2D eigenvalue weighted by Crippen LogP contribution is -2.31. The average molecular weight is 380 g/mol. The minimum atomic E-state index is -0.209. The van der Waals surface area contributed by atoms with Crippen LogP contribution in [-0.4, -0.2) is 28.2 Å². The number of anilines is 1. The standard InChI is InChI=1S/C21H24N4O3/c26-19-12-28-18-9-8-13(10-17(18)22-19)21(27)23-16-7-3-4-14-11-25(24-20(14)16)15-5-1-2-6-15/h8-11,15-16H,1-7,12H2,(H,22,26)(H,23,27)/t16-/m0/s1. The lowest BCUT2D eigenvalue weighted by molar-refractivity contribution is -0.118. The Bertz CT molecular complexity index is 930. The van der Waals surface area contributed by atoms with Gasteiger partial charge in [0.25, 0.3) is 11.8 Å². The molecule has 0 radical (unpaired) electrons. The van der Waals surface area contributed by atoms with Crippen LogP contribution in [0.5, 0.6) is 5.75 Å². The fourth-order valence-corrected chi connectivity index (χ4v) is 4.53. The van der Waals surface area contributed by atoms with E-state index < -0.39 is 0 Å². The molecule has 3 aliphatic rings. The SMILES string of the molecule is O=C1COc2ccc(C(=O)N[C@H]3CCCc4cn(C5CCCC5)nc43)cc2N1. The van der Waals surface area contributed by atoms with Crippen molar-refractivity contribution in [3.05, 3.63) is 41.2 Å². The molecular formula is C21H24N4O3. The minimum Gasteiger partial charge on any atom is -0.482 e. The van der Waals surface area contributed by atoms with E-state index in [0.717, 1.165) is 25.0 Å². The highest BCUT2D eigenvalue weighted by Crippen LogP contribution is 2.34. The van der Waals surface area contributed by atoms with Crippen molar-refractivity contribution < 1.29 is 14.3 Å². The van der Waals surface area contributed by atoms with Crippen LogP contribution in [0.15, 0.2) is 24.4 Å². The molecule has 7 nitrogen and oxygen atoms in total. The lowest BCUT2D eigenvalue weighted by atomic mass is 9.93. The van der Waals surface area contributed by atoms with Crippen LogP contribution in [0.2, 0.25) is 0 Å². The molecule has 1 fully saturated rings. The Labute approximate surface area is 163 Å². The van der Waals surface area contributed by atoms with E-state index in [1.54, 1.807) is 18.2 Å². The summed E-state index contributed by atoms with van der Waals surface area (Å²) in [5.41, 5.74) is 3.32. The molecule has 0 unspecified atom stereocenters. The van der Waals surface area contributed by atoms with Crippen LogP contribution in [0.4, 0.5) is 5.69 Å². The third kappa shape index (κ3) is 3.15. The van der Waals surface area contributed by atoms with Crippen LogP contribution < -0.4 is 15.4 Å². The van der Waals surface area contributed by atoms with Crippen molar-refractivity contribution in [1.29, 1.82) is 0 Å². The molecule has 2 aromatic rings. The Hall–Kier alpha value is -2.83. The molecule has 0 spiro atoms. The molecule has 1 aromatic heterocycles. The van der Waals surface area contributed by atoms with E-state index in [-0.39, 0.29) is 24.5 Å². The van der Waals surface area contributed by atoms with Crippen LogP contribution in [0, 0.1) is 0 Å². The van der Waals surface area contributed by atoms with Gasteiger partial charge in [-0.2, -0.15) is 5.10 Å². The molecule has 5 rings (SSSR count). The zero-order valence-electron chi connectivity index (χ0n) is 15.7. The van der Waals surface area contributed by atoms with Gasteiger partial charge in [0, 0.05) is 11.8 Å². The molecule has 2 amide bonds. The second-order valence-corrected chi connectivity index (χ2v) is 7.92. The van der Waals surface area contributed by atoms with E-state index in [1.165, 1.54) is 31.2 Å². The van der Waals surface area contributed by atoms with Gasteiger partial charge in [-0.05, 0) is 55.9 Å². The highest BCUT2D eigenvalue weighted by molar-refractivity contribution is 6.00. The number of hydrogen-bond acceptors (Lipinski definition) is 4. The van der Waals surface area contributed by atoms with Gasteiger partial charge in [0.2, 0.25) is 0 Å². The molecule has 1 aliphatic heterocycles. The van der Waals surface area contributed by atoms with E-state index in [4.69, 9.17) is 9.84 Å². The van der Waals surface area contributed by atoms with Crippen LogP contribution in [0.1, 0.15) is 72.2 Å². The monoisotopic (exact) mass is 380 g/mol. The Morgan fingerprint density at radius 2 is 2.07 bits per heavy atom. The number of rotatable bonds is 3. The fraction of sp³-hybridized carbons (Fsp3) is 0.476. The highest BCUT2D eigenvalue weighted by Gasteiger charge is 2.28. The van der Waals surface area contributed by atoms with Crippen molar-refractivity contribution >= 4 is 17.5 Å². The molecule has 146 valence electrons. The predicted octanol–water partition coefficient (Wildman–Crippen LogP) is 3.14. The third-order valence-electron chi connectivity index (χ3n) is 5.99. The average Bonchev–Trinajstić information content (AvgIpc) is 3.37. The number of fused-ring (bicyclic) bond motifs is 2. The van der Waals surface area contributed by atoms with Gasteiger partial charge >= 0.3 is 0 Å². The second kappa shape index (κ2) is 6.96. The largest absolute Gasteiger partial charge is 0.482 e. The van der Waals surface area contributed by atoms with E-state index in [1.807, 2.05) is 0 Å². The predicted molar refractivity (Wildman–Crippen MR) is 103 cm³/mol. The third-order valence-corrected chi connectivity index (χ3v) is 5.99. The quantitative estimate of drug-likeness (QED) is 0.857. The summed E-state index contributed by atoms with van der Waals surface area (Å²) in [6.45, 7) is 0.00699. The maximum atomic E-state index is 12.9. The van der Waals surface area contributed by atoms with Crippen LogP contribution >= 0.6 is 0 Å². The number of carbonyl (C=O) groups excluding carboxylic acids is 2. The van der Waals surface area contributed by atoms with Gasteiger partial charge in [0.05, 0.1) is 23.5 Å². The Morgan fingerprint density at radius 3 is 2.93 bits per heavy atom. The zero-order chi connectivity index (χ0) is 19.1. The van der Waals surface area contributed by atoms with Crippen LogP contribution in [0.25, 0.3) is 0 Å². The van der Waals surface area contributed by atoms with Crippen molar-refractivity contribution in [3.63, 3.8) is 0 Å². The number of hydrogen-bond donors (Lipinski definition) is 2. The summed E-state index contributed by atoms with van der Waals surface area (Å²) >= 11 is 0. The summed E-state index contributed by atoms with van der Waals surface area (Å²) < 4.78 is 7.49. The van der Waals surface area contributed by atoms with Gasteiger partial charge in [0.1, 0.15) is 5.75 Å². The normalized spacial score (nSPS) is 21.4. The maximum Gasteiger partial charge on any atom is 0.262 e. The number of carbonyl (C=O) groups is 2. The molecule has 2 heterocycles. The van der Waals surface area contributed by atoms with Gasteiger partial charge in [-0.25, -0.2) is 0 Å². The number of aromatic nitrogens is 2. The highest BCUT2D eigenvalue weighted by atomic mass is 16.5. The molecule has 1 atom stereocenters. The van der Waals surface area contributed by atoms with Crippen LogP contribution in [0.3, 0.4) is 0 Å². The van der Waals surface area contributed by atoms with Crippen molar-refractivity contribution in [3.8, 4) is 5.75 Å². The summed E-state index contributed by atoms with van der Waals surface area (Å²) in [6, 6.07) is 5.56. The summed E-state index contributed by atoms with van der Waals surface area (Å²) in [5.74, 6) is 0.224. The molecule has 1 aromatic carbocycles. The first-order valence-corrected chi connectivity index (χ1v) is 10.1. The Balaban J connectivity index is 1.35. The number of amides is 2. The first kappa shape index (κ1) is 17.3. The van der Waals surface area contributed by atoms with Crippen molar-refractivity contribution in [2.75, 3.05) is 11.9 Å². The number of aryl methyl sites for hydroxylation is 1. The van der Waals surface area contributed by atoms with Gasteiger partial charge in [-0.1, -0.05) is 12.8 Å². The molecule has 0 saturated heterocycles. The molecule has 28 heavy (non-hydrogen) atoms. The Kier molecular flexibility index (Phi) is 4.30. The van der Waals surface area contributed by atoms with E-state index in [2.05, 4.69) is 21.5 Å². The molecule has 1 saturated carbocycles. The first-order valence-electron chi connectivity index (χ1n) is 10.1. The summed E-state index contributed by atoms with van der Waals surface area (Å²) in [4.78, 5) is 24.4. The number of ether oxygens (including phenoxy) is 1. The first-order chi connectivity index (χ1) is 13.7. The van der Waals surface area contributed by atoms with Crippen molar-refractivity contribution in [2.45, 2.75) is 57.0 Å². The molecule has 2 N–H and O–H groups in total. The number of nitrogens with zero attached hydrogens (tertiary/aromatic N) is 2. The van der Waals surface area contributed by atoms with Gasteiger partial charge in [-0.3, -0.25) is 14.3 Å². The van der Waals surface area contributed by atoms with Crippen molar-refractivity contribution in [1.82, 2.24) is 15.1 Å². The Morgan fingerprint density at radius 1 is 1.21 bits per heavy atom.